The predicted octanol–water partition coefficient (Wildman–Crippen LogP) is 4.85. The van der Waals surface area contributed by atoms with Crippen molar-refractivity contribution in [3.63, 3.8) is 0 Å². The molecule has 0 saturated carbocycles. The number of rotatable bonds is 3. The van der Waals surface area contributed by atoms with Crippen molar-refractivity contribution in [2.45, 2.75) is 13.3 Å². The first-order valence-corrected chi connectivity index (χ1v) is 7.47. The van der Waals surface area contributed by atoms with E-state index in [1.807, 2.05) is 36.7 Å². The van der Waals surface area contributed by atoms with Crippen molar-refractivity contribution in [1.82, 2.24) is 9.55 Å². The number of aromatic nitrogens is 2. The van der Waals surface area contributed by atoms with E-state index in [-0.39, 0.29) is 0 Å². The molecule has 2 aromatic heterocycles. The van der Waals surface area contributed by atoms with Crippen LogP contribution in [-0.2, 0) is 6.42 Å². The van der Waals surface area contributed by atoms with E-state index in [4.69, 9.17) is 4.42 Å². The van der Waals surface area contributed by atoms with Gasteiger partial charge < -0.3 is 8.98 Å². The van der Waals surface area contributed by atoms with E-state index in [0.29, 0.717) is 5.89 Å². The van der Waals surface area contributed by atoms with Gasteiger partial charge in [0.1, 0.15) is 5.52 Å². The smallest absolute Gasteiger partial charge is 0.227 e. The SMILES string of the molecule is CCc1ccc(-c2nc3ccc(-n4cccc4)cc3o2)cc1. The van der Waals surface area contributed by atoms with E-state index in [1.54, 1.807) is 0 Å². The minimum atomic E-state index is 0.669. The molecule has 4 aromatic rings. The quantitative estimate of drug-likeness (QED) is 0.539. The Morgan fingerprint density at radius 3 is 2.50 bits per heavy atom. The number of benzene rings is 2. The average Bonchev–Trinajstić information content (AvgIpc) is 3.23. The van der Waals surface area contributed by atoms with E-state index in [2.05, 4.69) is 46.8 Å². The summed E-state index contributed by atoms with van der Waals surface area (Å²) < 4.78 is 8.00. The molecule has 2 heterocycles. The van der Waals surface area contributed by atoms with Crippen molar-refractivity contribution in [3.05, 3.63) is 72.6 Å². The first-order valence-electron chi connectivity index (χ1n) is 7.47. The van der Waals surface area contributed by atoms with Gasteiger partial charge in [-0.3, -0.25) is 0 Å². The summed E-state index contributed by atoms with van der Waals surface area (Å²) in [5, 5.41) is 0. The van der Waals surface area contributed by atoms with E-state index in [9.17, 15) is 0 Å². The van der Waals surface area contributed by atoms with Gasteiger partial charge in [0.15, 0.2) is 5.58 Å². The van der Waals surface area contributed by atoms with Gasteiger partial charge in [-0.1, -0.05) is 19.1 Å². The number of nitrogens with zero attached hydrogens (tertiary/aromatic N) is 2. The van der Waals surface area contributed by atoms with E-state index < -0.39 is 0 Å². The highest BCUT2D eigenvalue weighted by molar-refractivity contribution is 5.78. The maximum atomic E-state index is 5.94. The van der Waals surface area contributed by atoms with Crippen LogP contribution in [0.2, 0.25) is 0 Å². The second kappa shape index (κ2) is 5.19. The Morgan fingerprint density at radius 2 is 1.77 bits per heavy atom. The summed E-state index contributed by atoms with van der Waals surface area (Å²) in [6.07, 6.45) is 5.07. The molecule has 3 nitrogen and oxygen atoms in total. The first-order chi connectivity index (χ1) is 10.8. The molecule has 4 rings (SSSR count). The zero-order valence-electron chi connectivity index (χ0n) is 12.4. The zero-order chi connectivity index (χ0) is 14.9. The molecule has 0 atom stereocenters. The van der Waals surface area contributed by atoms with Gasteiger partial charge >= 0.3 is 0 Å². The van der Waals surface area contributed by atoms with Crippen LogP contribution in [0, 0.1) is 0 Å². The van der Waals surface area contributed by atoms with Gasteiger partial charge in [0.25, 0.3) is 0 Å². The molecular formula is C19H16N2O. The minimum Gasteiger partial charge on any atom is -0.436 e. The van der Waals surface area contributed by atoms with Crippen LogP contribution in [0.5, 0.6) is 0 Å². The third kappa shape index (κ3) is 2.21. The van der Waals surface area contributed by atoms with Crippen LogP contribution >= 0.6 is 0 Å². The number of aryl methyl sites for hydroxylation is 1. The molecule has 0 unspecified atom stereocenters. The summed E-state index contributed by atoms with van der Waals surface area (Å²) in [4.78, 5) is 4.58. The monoisotopic (exact) mass is 288 g/mol. The minimum absolute atomic E-state index is 0.669. The Bertz CT molecular complexity index is 902. The van der Waals surface area contributed by atoms with E-state index in [0.717, 1.165) is 28.8 Å². The summed E-state index contributed by atoms with van der Waals surface area (Å²) in [6.45, 7) is 2.15. The van der Waals surface area contributed by atoms with Gasteiger partial charge in [0.05, 0.1) is 0 Å². The van der Waals surface area contributed by atoms with Gasteiger partial charge in [-0.25, -0.2) is 4.98 Å². The van der Waals surface area contributed by atoms with Gasteiger partial charge in [0, 0.05) is 29.7 Å². The van der Waals surface area contributed by atoms with Crippen LogP contribution in [0.1, 0.15) is 12.5 Å². The predicted molar refractivity (Wildman–Crippen MR) is 88.2 cm³/mol. The van der Waals surface area contributed by atoms with E-state index in [1.165, 1.54) is 5.56 Å². The molecule has 3 heteroatoms. The lowest BCUT2D eigenvalue weighted by Crippen LogP contribution is -1.87. The molecule has 22 heavy (non-hydrogen) atoms. The van der Waals surface area contributed by atoms with Crippen molar-refractivity contribution in [2.75, 3.05) is 0 Å². The lowest BCUT2D eigenvalue weighted by molar-refractivity contribution is 0.619. The maximum Gasteiger partial charge on any atom is 0.227 e. The van der Waals surface area contributed by atoms with Crippen LogP contribution in [0.25, 0.3) is 28.2 Å². The van der Waals surface area contributed by atoms with Gasteiger partial charge in [-0.2, -0.15) is 0 Å². The second-order valence-corrected chi connectivity index (χ2v) is 5.31. The number of hydrogen-bond donors (Lipinski definition) is 0. The highest BCUT2D eigenvalue weighted by Gasteiger charge is 2.09. The molecule has 0 saturated heterocycles. The second-order valence-electron chi connectivity index (χ2n) is 5.31. The lowest BCUT2D eigenvalue weighted by atomic mass is 10.1. The summed E-state index contributed by atoms with van der Waals surface area (Å²) in [6, 6.07) is 18.5. The first kappa shape index (κ1) is 12.9. The number of oxazole rings is 1. The molecule has 0 aliphatic rings. The van der Waals surface area contributed by atoms with Crippen molar-refractivity contribution in [2.24, 2.45) is 0 Å². The van der Waals surface area contributed by atoms with Crippen molar-refractivity contribution < 1.29 is 4.42 Å². The van der Waals surface area contributed by atoms with Crippen molar-refractivity contribution in [1.29, 1.82) is 0 Å². The molecule has 0 aliphatic heterocycles. The molecule has 108 valence electrons. The third-order valence-electron chi connectivity index (χ3n) is 3.88. The highest BCUT2D eigenvalue weighted by Crippen LogP contribution is 2.26. The summed E-state index contributed by atoms with van der Waals surface area (Å²) >= 11 is 0. The molecule has 0 fully saturated rings. The molecule has 2 aromatic carbocycles. The number of fused-ring (bicyclic) bond motifs is 1. The number of hydrogen-bond acceptors (Lipinski definition) is 2. The Morgan fingerprint density at radius 1 is 1.00 bits per heavy atom. The molecule has 0 radical (unpaired) electrons. The zero-order valence-corrected chi connectivity index (χ0v) is 12.4. The molecule has 0 spiro atoms. The van der Waals surface area contributed by atoms with Gasteiger partial charge in [0.2, 0.25) is 5.89 Å². The maximum absolute atomic E-state index is 5.94. The van der Waals surface area contributed by atoms with Crippen molar-refractivity contribution in [3.8, 4) is 17.1 Å². The van der Waals surface area contributed by atoms with Crippen LogP contribution in [0.4, 0.5) is 0 Å². The van der Waals surface area contributed by atoms with E-state index >= 15 is 0 Å². The molecule has 0 N–H and O–H groups in total. The fourth-order valence-corrected chi connectivity index (χ4v) is 2.59. The Hall–Kier alpha value is -2.81. The average molecular weight is 288 g/mol. The fraction of sp³-hybridized carbons (Fsp3) is 0.105. The largest absolute Gasteiger partial charge is 0.436 e. The van der Waals surface area contributed by atoms with Gasteiger partial charge in [-0.15, -0.1) is 0 Å². The normalized spacial score (nSPS) is 11.1. The topological polar surface area (TPSA) is 31.0 Å². The molecule has 0 aliphatic carbocycles. The standard InChI is InChI=1S/C19H16N2O/c1-2-14-5-7-15(8-6-14)19-20-17-10-9-16(13-18(17)22-19)21-11-3-4-12-21/h3-13H,2H2,1H3. The van der Waals surface area contributed by atoms with Crippen LogP contribution in [0.15, 0.2) is 71.4 Å². The molecule has 0 amide bonds. The summed E-state index contributed by atoms with van der Waals surface area (Å²) in [5.74, 6) is 0.669. The lowest BCUT2D eigenvalue weighted by Gasteiger charge is -2.00. The van der Waals surface area contributed by atoms with Crippen molar-refractivity contribution >= 4 is 11.1 Å². The Labute approximate surface area is 128 Å². The molecular weight excluding hydrogens is 272 g/mol. The third-order valence-corrected chi connectivity index (χ3v) is 3.88. The van der Waals surface area contributed by atoms with Gasteiger partial charge in [-0.05, 0) is 48.4 Å². The van der Waals surface area contributed by atoms with Crippen LogP contribution in [-0.4, -0.2) is 9.55 Å². The van der Waals surface area contributed by atoms with Crippen LogP contribution < -0.4 is 0 Å². The highest BCUT2D eigenvalue weighted by atomic mass is 16.3. The fourth-order valence-electron chi connectivity index (χ4n) is 2.59. The Balaban J connectivity index is 1.76. The summed E-state index contributed by atoms with van der Waals surface area (Å²) in [7, 11) is 0. The van der Waals surface area contributed by atoms with Crippen LogP contribution in [0.3, 0.4) is 0 Å². The molecule has 0 bridgehead atoms. The Kier molecular flexibility index (Phi) is 3.04. The summed E-state index contributed by atoms with van der Waals surface area (Å²) in [5.41, 5.74) is 5.08.